The van der Waals surface area contributed by atoms with Crippen molar-refractivity contribution in [1.29, 1.82) is 0 Å². The van der Waals surface area contributed by atoms with Gasteiger partial charge in [0.2, 0.25) is 5.95 Å². The number of urea groups is 1. The highest BCUT2D eigenvalue weighted by molar-refractivity contribution is 5.91. The summed E-state index contributed by atoms with van der Waals surface area (Å²) in [7, 11) is 1.48. The Labute approximate surface area is 273 Å². The molecular weight excluding hydrogens is 630 g/mol. The third-order valence-electron chi connectivity index (χ3n) is 8.09. The number of rotatable bonds is 11. The van der Waals surface area contributed by atoms with E-state index in [1.165, 1.54) is 19.4 Å². The first-order valence-electron chi connectivity index (χ1n) is 15.1. The lowest BCUT2D eigenvalue weighted by atomic mass is 9.90. The van der Waals surface area contributed by atoms with Gasteiger partial charge < -0.3 is 45.6 Å². The van der Waals surface area contributed by atoms with Gasteiger partial charge in [0.25, 0.3) is 6.41 Å². The average Bonchev–Trinajstić information content (AvgIpc) is 3.56. The van der Waals surface area contributed by atoms with E-state index in [4.69, 9.17) is 9.47 Å². The molecule has 0 bridgehead atoms. The normalized spacial score (nSPS) is 18.3. The van der Waals surface area contributed by atoms with Crippen LogP contribution in [-0.2, 0) is 10.7 Å². The Kier molecular flexibility index (Phi) is 9.66. The Morgan fingerprint density at radius 2 is 1.77 bits per heavy atom. The predicted octanol–water partition coefficient (Wildman–Crippen LogP) is -0.291. The summed E-state index contributed by atoms with van der Waals surface area (Å²) in [6.45, 7) is 1.67. The van der Waals surface area contributed by atoms with Gasteiger partial charge in [0.15, 0.2) is 5.82 Å². The maximum Gasteiger partial charge on any atom is 0.323 e. The molecule has 48 heavy (non-hydrogen) atoms. The first-order chi connectivity index (χ1) is 23.1. The van der Waals surface area contributed by atoms with Crippen molar-refractivity contribution in [2.24, 2.45) is 5.92 Å². The van der Waals surface area contributed by atoms with Crippen molar-refractivity contribution >= 4 is 17.8 Å². The van der Waals surface area contributed by atoms with E-state index in [9.17, 15) is 30.3 Å². The molecule has 1 aliphatic heterocycles. The molecule has 1 saturated heterocycles. The molecule has 0 aromatic carbocycles. The Morgan fingerprint density at radius 3 is 2.35 bits per heavy atom. The number of aliphatic hydroxyl groups is 5. The van der Waals surface area contributed by atoms with E-state index in [0.29, 0.717) is 62.5 Å². The summed E-state index contributed by atoms with van der Waals surface area (Å²) >= 11 is 0. The van der Waals surface area contributed by atoms with Crippen LogP contribution in [0.1, 0.15) is 37.7 Å². The number of carbonyl (C=O) groups excluding carboxylic acids is 1. The number of hydrogen-bond donors (Lipinski definition) is 7. The summed E-state index contributed by atoms with van der Waals surface area (Å²) < 4.78 is 11.1. The van der Waals surface area contributed by atoms with Crippen LogP contribution in [0.5, 0.6) is 6.01 Å². The number of aromatic nitrogens is 8. The third kappa shape index (κ3) is 7.46. The van der Waals surface area contributed by atoms with E-state index in [-0.39, 0.29) is 47.4 Å². The topological polar surface area (TPSA) is 259 Å². The second kappa shape index (κ2) is 14.1. The van der Waals surface area contributed by atoms with Gasteiger partial charge in [-0.15, -0.1) is 0 Å². The first kappa shape index (κ1) is 33.0. The molecule has 5 heterocycles. The minimum Gasteiger partial charge on any atom is -0.467 e. The fourth-order valence-electron chi connectivity index (χ4n) is 5.47. The van der Waals surface area contributed by atoms with Crippen LogP contribution in [0.3, 0.4) is 0 Å². The van der Waals surface area contributed by atoms with Crippen molar-refractivity contribution in [3.8, 4) is 28.7 Å². The molecule has 2 amide bonds. The highest BCUT2D eigenvalue weighted by Gasteiger charge is 2.33. The van der Waals surface area contributed by atoms with Gasteiger partial charge in [-0.3, -0.25) is 9.88 Å². The molecule has 2 aliphatic rings. The second-order valence-electron chi connectivity index (χ2n) is 11.4. The van der Waals surface area contributed by atoms with Crippen LogP contribution < -0.4 is 20.3 Å². The van der Waals surface area contributed by atoms with Crippen molar-refractivity contribution in [3.63, 3.8) is 0 Å². The largest absolute Gasteiger partial charge is 0.467 e. The number of nitrogens with one attached hydrogen (secondary N) is 2. The molecule has 2 fully saturated rings. The SMILES string of the molecule is COc1ncc(-c2cnc(N(C(=O)NCC3COC3)C3CCC(Nc4ncc(C(O)(O)O)c(-c5ccn(C(O)O)n5)n4)CC3)cn2)cn1. The van der Waals surface area contributed by atoms with E-state index in [1.54, 1.807) is 29.7 Å². The third-order valence-corrected chi connectivity index (χ3v) is 8.09. The lowest BCUT2D eigenvalue weighted by molar-refractivity contribution is -0.323. The van der Waals surface area contributed by atoms with Gasteiger partial charge in [0.05, 0.1) is 44.0 Å². The van der Waals surface area contributed by atoms with Crippen LogP contribution >= 0.6 is 0 Å². The zero-order valence-electron chi connectivity index (χ0n) is 25.8. The highest BCUT2D eigenvalue weighted by Crippen LogP contribution is 2.31. The van der Waals surface area contributed by atoms with E-state index in [1.807, 2.05) is 0 Å². The van der Waals surface area contributed by atoms with Gasteiger partial charge in [0, 0.05) is 54.9 Å². The lowest BCUT2D eigenvalue weighted by Gasteiger charge is -2.37. The number of hydrogen-bond acceptors (Lipinski definition) is 16. The molecule has 0 unspecified atom stereocenters. The van der Waals surface area contributed by atoms with E-state index in [2.05, 4.69) is 45.6 Å². The van der Waals surface area contributed by atoms with Gasteiger partial charge in [-0.2, -0.15) is 5.10 Å². The van der Waals surface area contributed by atoms with Crippen molar-refractivity contribution in [1.82, 2.24) is 45.0 Å². The Hall–Kier alpha value is -4.92. The second-order valence-corrected chi connectivity index (χ2v) is 11.4. The maximum absolute atomic E-state index is 13.6. The summed E-state index contributed by atoms with van der Waals surface area (Å²) in [5, 5.41) is 58.6. The molecule has 0 radical (unpaired) electrons. The first-order valence-corrected chi connectivity index (χ1v) is 15.1. The van der Waals surface area contributed by atoms with Crippen LogP contribution in [0, 0.1) is 5.92 Å². The van der Waals surface area contributed by atoms with Crippen molar-refractivity contribution in [2.75, 3.05) is 37.1 Å². The Bertz CT molecular complexity index is 1690. The quantitative estimate of drug-likeness (QED) is 0.102. The average molecular weight is 666 g/mol. The molecule has 254 valence electrons. The van der Waals surface area contributed by atoms with Gasteiger partial charge in [-0.05, 0) is 31.7 Å². The van der Waals surface area contributed by atoms with Crippen LogP contribution in [0.4, 0.5) is 16.6 Å². The number of ether oxygens (including phenoxy) is 2. The fourth-order valence-corrected chi connectivity index (χ4v) is 5.47. The molecule has 1 saturated carbocycles. The van der Waals surface area contributed by atoms with Crippen molar-refractivity contribution < 1.29 is 39.8 Å². The number of aliphatic hydroxyl groups excluding tert-OH is 1. The summed E-state index contributed by atoms with van der Waals surface area (Å²) in [5.41, 5.74) is 0.636. The van der Waals surface area contributed by atoms with Gasteiger partial charge in [0.1, 0.15) is 11.4 Å². The molecule has 0 atom stereocenters. The number of carbonyl (C=O) groups is 1. The van der Waals surface area contributed by atoms with E-state index >= 15 is 0 Å². The van der Waals surface area contributed by atoms with Gasteiger partial charge in [-0.1, -0.05) is 0 Å². The molecule has 4 aromatic rings. The molecule has 19 nitrogen and oxygen atoms in total. The van der Waals surface area contributed by atoms with Crippen LogP contribution in [0.2, 0.25) is 0 Å². The van der Waals surface area contributed by atoms with Crippen LogP contribution in [0.25, 0.3) is 22.6 Å². The monoisotopic (exact) mass is 665 g/mol. The van der Waals surface area contributed by atoms with Crippen molar-refractivity contribution in [2.45, 2.75) is 50.2 Å². The fraction of sp³-hybridized carbons (Fsp3) is 0.448. The predicted molar refractivity (Wildman–Crippen MR) is 165 cm³/mol. The van der Waals surface area contributed by atoms with Crippen LogP contribution in [-0.4, -0.2) is 110 Å². The number of methoxy groups -OCH3 is 1. The summed E-state index contributed by atoms with van der Waals surface area (Å²) in [6.07, 6.45) is 9.08. The molecular formula is C29H35N11O8. The van der Waals surface area contributed by atoms with Crippen molar-refractivity contribution in [3.05, 3.63) is 48.8 Å². The van der Waals surface area contributed by atoms with E-state index in [0.717, 1.165) is 10.9 Å². The lowest BCUT2D eigenvalue weighted by Crippen LogP contribution is -2.51. The molecule has 6 rings (SSSR count). The minimum absolute atomic E-state index is 0.0375. The zero-order chi connectivity index (χ0) is 33.8. The summed E-state index contributed by atoms with van der Waals surface area (Å²) in [5.74, 6) is -2.50. The smallest absolute Gasteiger partial charge is 0.323 e. The Balaban J connectivity index is 1.16. The molecule has 7 N–H and O–H groups in total. The zero-order valence-corrected chi connectivity index (χ0v) is 25.8. The summed E-state index contributed by atoms with van der Waals surface area (Å²) in [4.78, 5) is 41.0. The Morgan fingerprint density at radius 1 is 1.02 bits per heavy atom. The summed E-state index contributed by atoms with van der Waals surface area (Å²) in [6, 6.07) is 1.00. The van der Waals surface area contributed by atoms with E-state index < -0.39 is 18.0 Å². The minimum atomic E-state index is -3.27. The van der Waals surface area contributed by atoms with Crippen LogP contribution in [0.15, 0.2) is 43.2 Å². The standard InChI is InChI=1S/C29H35N11O8/c1-47-26-33-9-17(10-34-26)22-12-31-23(13-30-22)40(27(41)35-8-16-14-48-15-16)19-4-2-18(3-5-19)36-25-32-11-20(29(44,45)46)24(37-25)21-6-7-39(38-21)28(42)43/h6-7,9-13,16,18-19,28,42-46H,2-5,8,14-15H2,1H3,(H,35,41)(H,32,36,37). The van der Waals surface area contributed by atoms with Gasteiger partial charge in [-0.25, -0.2) is 34.4 Å². The molecule has 19 heteroatoms. The molecule has 1 aliphatic carbocycles. The van der Waals surface area contributed by atoms with Gasteiger partial charge >= 0.3 is 18.0 Å². The number of nitrogens with zero attached hydrogens (tertiary/aromatic N) is 9. The molecule has 4 aromatic heterocycles. The molecule has 0 spiro atoms. The number of anilines is 2. The highest BCUT2D eigenvalue weighted by atomic mass is 16.7. The number of amides is 2. The maximum atomic E-state index is 13.6.